The van der Waals surface area contributed by atoms with Crippen LogP contribution in [0.25, 0.3) is 0 Å². The number of benzene rings is 3. The molecule has 0 saturated carbocycles. The fourth-order valence-electron chi connectivity index (χ4n) is 3.56. The Morgan fingerprint density at radius 1 is 0.828 bits per heavy atom. The third-order valence-electron chi connectivity index (χ3n) is 4.90. The first-order valence-electron chi connectivity index (χ1n) is 9.60. The van der Waals surface area contributed by atoms with Crippen molar-refractivity contribution in [3.63, 3.8) is 0 Å². The highest BCUT2D eigenvalue weighted by Gasteiger charge is 2.35. The molecule has 29 heavy (non-hydrogen) atoms. The molecule has 0 amide bonds. The van der Waals surface area contributed by atoms with Crippen LogP contribution in [0.4, 0.5) is 0 Å². The van der Waals surface area contributed by atoms with Crippen LogP contribution >= 0.6 is 0 Å². The lowest BCUT2D eigenvalue weighted by Gasteiger charge is -2.37. The van der Waals surface area contributed by atoms with Crippen molar-refractivity contribution in [1.29, 1.82) is 0 Å². The minimum atomic E-state index is -0.863. The van der Waals surface area contributed by atoms with Crippen molar-refractivity contribution in [3.05, 3.63) is 102 Å². The van der Waals surface area contributed by atoms with Crippen LogP contribution in [-0.2, 0) is 10.3 Å². The zero-order valence-corrected chi connectivity index (χ0v) is 16.5. The highest BCUT2D eigenvalue weighted by Crippen LogP contribution is 2.37. The summed E-state index contributed by atoms with van der Waals surface area (Å²) in [6, 6.07) is 28.6. The standard InChI is InChI=1S/C24H26N2O3/c1-29-22-14-12-21(13-15-22)24(19-8-4-2-5-9-19,20-10-6-3-7-11-20)26-17-16-25-18-23(27)28/h2-15,25-26H,16-18H2,1H3,(H,27,28). The van der Waals surface area contributed by atoms with E-state index < -0.39 is 11.5 Å². The molecule has 0 aliphatic carbocycles. The molecule has 5 heteroatoms. The second-order valence-corrected chi connectivity index (χ2v) is 6.71. The Morgan fingerprint density at radius 3 is 1.83 bits per heavy atom. The van der Waals surface area contributed by atoms with Gasteiger partial charge in [-0.3, -0.25) is 10.1 Å². The SMILES string of the molecule is COc1ccc(C(NCCNCC(=O)O)(c2ccccc2)c2ccccc2)cc1. The van der Waals surface area contributed by atoms with Gasteiger partial charge in [0.05, 0.1) is 19.2 Å². The molecular formula is C24H26N2O3. The van der Waals surface area contributed by atoms with Crippen molar-refractivity contribution < 1.29 is 14.6 Å². The third-order valence-corrected chi connectivity index (χ3v) is 4.90. The van der Waals surface area contributed by atoms with E-state index in [1.165, 1.54) is 0 Å². The van der Waals surface area contributed by atoms with Gasteiger partial charge in [0.2, 0.25) is 0 Å². The number of hydrogen-bond donors (Lipinski definition) is 3. The lowest BCUT2D eigenvalue weighted by Crippen LogP contribution is -2.47. The van der Waals surface area contributed by atoms with Gasteiger partial charge in [0.15, 0.2) is 0 Å². The lowest BCUT2D eigenvalue weighted by molar-refractivity contribution is -0.135. The number of rotatable bonds is 10. The monoisotopic (exact) mass is 390 g/mol. The predicted molar refractivity (Wildman–Crippen MR) is 114 cm³/mol. The van der Waals surface area contributed by atoms with Gasteiger partial charge < -0.3 is 15.2 Å². The van der Waals surface area contributed by atoms with Crippen molar-refractivity contribution >= 4 is 5.97 Å². The maximum Gasteiger partial charge on any atom is 0.317 e. The summed E-state index contributed by atoms with van der Waals surface area (Å²) in [4.78, 5) is 10.8. The molecule has 0 saturated heterocycles. The minimum absolute atomic E-state index is 0.0616. The molecule has 150 valence electrons. The summed E-state index contributed by atoms with van der Waals surface area (Å²) in [5, 5.41) is 15.5. The fraction of sp³-hybridized carbons (Fsp3) is 0.208. The molecule has 3 rings (SSSR count). The molecular weight excluding hydrogens is 364 g/mol. The van der Waals surface area contributed by atoms with Gasteiger partial charge in [-0.25, -0.2) is 0 Å². The van der Waals surface area contributed by atoms with Crippen LogP contribution in [0.3, 0.4) is 0 Å². The Labute approximate surface area is 171 Å². The fourth-order valence-corrected chi connectivity index (χ4v) is 3.56. The van der Waals surface area contributed by atoms with E-state index in [0.29, 0.717) is 13.1 Å². The summed E-state index contributed by atoms with van der Waals surface area (Å²) < 4.78 is 5.34. The lowest BCUT2D eigenvalue weighted by atomic mass is 9.77. The van der Waals surface area contributed by atoms with E-state index in [4.69, 9.17) is 9.84 Å². The van der Waals surface area contributed by atoms with Crippen LogP contribution in [0.15, 0.2) is 84.9 Å². The first-order valence-corrected chi connectivity index (χ1v) is 9.60. The molecule has 0 aliphatic rings. The molecule has 3 aromatic carbocycles. The van der Waals surface area contributed by atoms with Crippen molar-refractivity contribution in [2.75, 3.05) is 26.7 Å². The number of carboxylic acid groups (broad SMARTS) is 1. The Kier molecular flexibility index (Phi) is 7.00. The van der Waals surface area contributed by atoms with E-state index in [2.05, 4.69) is 47.0 Å². The van der Waals surface area contributed by atoms with Crippen LogP contribution in [0, 0.1) is 0 Å². The molecule has 0 spiro atoms. The first kappa shape index (κ1) is 20.6. The van der Waals surface area contributed by atoms with Gasteiger partial charge in [-0.2, -0.15) is 0 Å². The molecule has 5 nitrogen and oxygen atoms in total. The molecule has 0 unspecified atom stereocenters. The molecule has 0 heterocycles. The second kappa shape index (κ2) is 9.87. The van der Waals surface area contributed by atoms with E-state index in [9.17, 15) is 4.79 Å². The van der Waals surface area contributed by atoms with Crippen LogP contribution in [0.1, 0.15) is 16.7 Å². The zero-order valence-electron chi connectivity index (χ0n) is 16.5. The highest BCUT2D eigenvalue weighted by molar-refractivity contribution is 5.69. The predicted octanol–water partition coefficient (Wildman–Crippen LogP) is 3.25. The number of hydrogen-bond acceptors (Lipinski definition) is 4. The topological polar surface area (TPSA) is 70.6 Å². The van der Waals surface area contributed by atoms with Gasteiger partial charge in [-0.15, -0.1) is 0 Å². The number of aliphatic carboxylic acids is 1. The molecule has 3 aromatic rings. The summed E-state index contributed by atoms with van der Waals surface area (Å²) in [6.07, 6.45) is 0. The highest BCUT2D eigenvalue weighted by atomic mass is 16.5. The van der Waals surface area contributed by atoms with Crippen molar-refractivity contribution in [1.82, 2.24) is 10.6 Å². The van der Waals surface area contributed by atoms with Crippen molar-refractivity contribution in [2.24, 2.45) is 0 Å². The zero-order chi connectivity index (χ0) is 20.5. The van der Waals surface area contributed by atoms with Crippen molar-refractivity contribution in [2.45, 2.75) is 5.54 Å². The van der Waals surface area contributed by atoms with E-state index in [1.54, 1.807) is 7.11 Å². The molecule has 0 fully saturated rings. The van der Waals surface area contributed by atoms with Gasteiger partial charge in [0.1, 0.15) is 5.75 Å². The summed E-state index contributed by atoms with van der Waals surface area (Å²) in [6.45, 7) is 1.06. The van der Waals surface area contributed by atoms with Gasteiger partial charge in [0, 0.05) is 13.1 Å². The van der Waals surface area contributed by atoms with E-state index in [-0.39, 0.29) is 6.54 Å². The number of nitrogens with one attached hydrogen (secondary N) is 2. The molecule has 0 radical (unpaired) electrons. The van der Waals surface area contributed by atoms with Gasteiger partial charge in [-0.05, 0) is 28.8 Å². The largest absolute Gasteiger partial charge is 0.497 e. The molecule has 0 aromatic heterocycles. The Balaban J connectivity index is 2.04. The molecule has 0 bridgehead atoms. The Hall–Kier alpha value is -3.15. The third kappa shape index (κ3) is 4.83. The molecule has 3 N–H and O–H groups in total. The van der Waals surface area contributed by atoms with Crippen LogP contribution < -0.4 is 15.4 Å². The van der Waals surface area contributed by atoms with E-state index >= 15 is 0 Å². The summed E-state index contributed by atoms with van der Waals surface area (Å²) in [5.41, 5.74) is 2.71. The summed E-state index contributed by atoms with van der Waals surface area (Å²) in [5.74, 6) is -0.0653. The average Bonchev–Trinajstić information content (AvgIpc) is 2.77. The van der Waals surface area contributed by atoms with Gasteiger partial charge in [0.25, 0.3) is 0 Å². The van der Waals surface area contributed by atoms with Crippen LogP contribution in [-0.4, -0.2) is 37.8 Å². The molecule has 0 aliphatic heterocycles. The number of carbonyl (C=O) groups is 1. The average molecular weight is 390 g/mol. The van der Waals surface area contributed by atoms with Crippen molar-refractivity contribution in [3.8, 4) is 5.75 Å². The van der Waals surface area contributed by atoms with Gasteiger partial charge in [-0.1, -0.05) is 72.8 Å². The second-order valence-electron chi connectivity index (χ2n) is 6.71. The van der Waals surface area contributed by atoms with E-state index in [1.807, 2.05) is 48.5 Å². The van der Waals surface area contributed by atoms with Crippen LogP contribution in [0.2, 0.25) is 0 Å². The smallest absolute Gasteiger partial charge is 0.317 e. The normalized spacial score (nSPS) is 11.2. The quantitative estimate of drug-likeness (QED) is 0.366. The first-order chi connectivity index (χ1) is 14.2. The maximum atomic E-state index is 10.8. The number of ether oxygens (including phenoxy) is 1. The maximum absolute atomic E-state index is 10.8. The molecule has 0 atom stereocenters. The van der Waals surface area contributed by atoms with Crippen LogP contribution in [0.5, 0.6) is 5.75 Å². The Bertz CT molecular complexity index is 857. The minimum Gasteiger partial charge on any atom is -0.497 e. The summed E-state index contributed by atoms with van der Waals surface area (Å²) in [7, 11) is 1.66. The number of methoxy groups -OCH3 is 1. The number of carboxylic acids is 1. The van der Waals surface area contributed by atoms with E-state index in [0.717, 1.165) is 22.4 Å². The summed E-state index contributed by atoms with van der Waals surface area (Å²) >= 11 is 0. The van der Waals surface area contributed by atoms with Gasteiger partial charge >= 0.3 is 5.97 Å². The Morgan fingerprint density at radius 2 is 1.34 bits per heavy atom.